The number of phosphoric ester groups is 2. The van der Waals surface area contributed by atoms with E-state index in [4.69, 9.17) is 37.0 Å². The van der Waals surface area contributed by atoms with Gasteiger partial charge in [0, 0.05) is 25.7 Å². The molecule has 0 aliphatic carbocycles. The van der Waals surface area contributed by atoms with Gasteiger partial charge in [0.05, 0.1) is 26.4 Å². The zero-order valence-corrected chi connectivity index (χ0v) is 67.0. The summed E-state index contributed by atoms with van der Waals surface area (Å²) in [7, 11) is -9.92. The van der Waals surface area contributed by atoms with Crippen LogP contribution in [0.5, 0.6) is 0 Å². The molecule has 0 radical (unpaired) electrons. The fraction of sp³-hybridized carbons (Fsp3) is 0.951. The van der Waals surface area contributed by atoms with Gasteiger partial charge in [-0.2, -0.15) is 0 Å². The van der Waals surface area contributed by atoms with E-state index in [9.17, 15) is 43.2 Å². The number of phosphoric acid groups is 2. The highest BCUT2D eigenvalue weighted by Gasteiger charge is 2.30. The van der Waals surface area contributed by atoms with Crippen LogP contribution in [0.15, 0.2) is 0 Å². The van der Waals surface area contributed by atoms with Gasteiger partial charge in [-0.05, 0) is 25.7 Å². The number of unbranched alkanes of at least 4 members (excludes halogenated alkanes) is 56. The van der Waals surface area contributed by atoms with Crippen LogP contribution in [-0.2, 0) is 65.4 Å². The zero-order chi connectivity index (χ0) is 73.2. The van der Waals surface area contributed by atoms with Crippen LogP contribution in [0.25, 0.3) is 0 Å². The highest BCUT2D eigenvalue weighted by atomic mass is 31.2. The maximum atomic E-state index is 13.1. The van der Waals surface area contributed by atoms with E-state index in [1.54, 1.807) is 0 Å². The third-order valence-corrected chi connectivity index (χ3v) is 21.0. The molecule has 0 aliphatic rings. The predicted octanol–water partition coefficient (Wildman–Crippen LogP) is 24.6. The monoisotopic (exact) mass is 1470 g/mol. The lowest BCUT2D eigenvalue weighted by atomic mass is 10.0. The van der Waals surface area contributed by atoms with Gasteiger partial charge in [-0.3, -0.25) is 37.3 Å². The fourth-order valence-electron chi connectivity index (χ4n) is 12.6. The minimum Gasteiger partial charge on any atom is -0.462 e. The normalized spacial score (nSPS) is 13.8. The van der Waals surface area contributed by atoms with Crippen molar-refractivity contribution in [1.29, 1.82) is 0 Å². The molecule has 0 heterocycles. The van der Waals surface area contributed by atoms with E-state index in [0.29, 0.717) is 25.7 Å². The summed E-state index contributed by atoms with van der Waals surface area (Å²) in [6, 6.07) is 0. The summed E-state index contributed by atoms with van der Waals surface area (Å²) in [4.78, 5) is 73.1. The summed E-state index contributed by atoms with van der Waals surface area (Å²) < 4.78 is 68.8. The summed E-state index contributed by atoms with van der Waals surface area (Å²) in [5.74, 6) is -2.10. The average molecular weight is 1470 g/mol. The molecule has 19 heteroatoms. The van der Waals surface area contributed by atoms with E-state index in [2.05, 4.69) is 27.7 Å². The zero-order valence-electron chi connectivity index (χ0n) is 65.2. The van der Waals surface area contributed by atoms with E-state index >= 15 is 0 Å². The molecule has 0 aromatic heterocycles. The number of ether oxygens (including phenoxy) is 4. The minimum absolute atomic E-state index is 0.109. The van der Waals surface area contributed by atoms with Crippen LogP contribution in [0.1, 0.15) is 439 Å². The van der Waals surface area contributed by atoms with Gasteiger partial charge in [-0.25, -0.2) is 9.13 Å². The summed E-state index contributed by atoms with van der Waals surface area (Å²) in [5.41, 5.74) is 0. The summed E-state index contributed by atoms with van der Waals surface area (Å²) in [5, 5.41) is 10.6. The van der Waals surface area contributed by atoms with Crippen molar-refractivity contribution in [2.45, 2.75) is 457 Å². The average Bonchev–Trinajstić information content (AvgIpc) is 0.965. The number of esters is 4. The molecule has 0 aromatic rings. The highest BCUT2D eigenvalue weighted by Crippen LogP contribution is 2.45. The Labute approximate surface area is 613 Å². The Morgan fingerprint density at radius 1 is 0.240 bits per heavy atom. The van der Waals surface area contributed by atoms with Gasteiger partial charge < -0.3 is 33.8 Å². The molecular formula is C81H158O17P2. The van der Waals surface area contributed by atoms with Gasteiger partial charge in [0.2, 0.25) is 0 Å². The molecule has 0 saturated heterocycles. The van der Waals surface area contributed by atoms with Crippen LogP contribution < -0.4 is 0 Å². The predicted molar refractivity (Wildman–Crippen MR) is 409 cm³/mol. The molecular weight excluding hydrogens is 1310 g/mol. The van der Waals surface area contributed by atoms with Crippen LogP contribution in [0.2, 0.25) is 0 Å². The van der Waals surface area contributed by atoms with E-state index in [1.807, 2.05) is 0 Å². The van der Waals surface area contributed by atoms with Crippen LogP contribution in [0.4, 0.5) is 0 Å². The second-order valence-corrected chi connectivity index (χ2v) is 32.1. The van der Waals surface area contributed by atoms with Crippen molar-refractivity contribution in [3.8, 4) is 0 Å². The fourth-order valence-corrected chi connectivity index (χ4v) is 14.2. The lowest BCUT2D eigenvalue weighted by molar-refractivity contribution is -0.161. The topological polar surface area (TPSA) is 237 Å². The summed E-state index contributed by atoms with van der Waals surface area (Å²) in [6.07, 6.45) is 67.8. The number of carbonyl (C=O) groups excluding carboxylic acids is 4. The number of rotatable bonds is 82. The first-order chi connectivity index (χ1) is 48.7. The van der Waals surface area contributed by atoms with Gasteiger partial charge in [0.15, 0.2) is 12.2 Å². The van der Waals surface area contributed by atoms with E-state index in [0.717, 1.165) is 89.9 Å². The second kappa shape index (κ2) is 75.3. The molecule has 5 atom stereocenters. The molecule has 0 bridgehead atoms. The summed E-state index contributed by atoms with van der Waals surface area (Å²) >= 11 is 0. The molecule has 3 N–H and O–H groups in total. The molecule has 0 aromatic carbocycles. The Morgan fingerprint density at radius 3 is 0.590 bits per heavy atom. The van der Waals surface area contributed by atoms with Crippen LogP contribution in [0.3, 0.4) is 0 Å². The minimum atomic E-state index is -4.96. The molecule has 2 unspecified atom stereocenters. The lowest BCUT2D eigenvalue weighted by Gasteiger charge is -2.21. The Hall–Kier alpha value is -1.94. The molecule has 0 rings (SSSR count). The molecule has 0 fully saturated rings. The maximum Gasteiger partial charge on any atom is 0.472 e. The first-order valence-electron chi connectivity index (χ1n) is 42.3. The Morgan fingerprint density at radius 2 is 0.400 bits per heavy atom. The van der Waals surface area contributed by atoms with E-state index in [-0.39, 0.29) is 25.7 Å². The molecule has 0 spiro atoms. The summed E-state index contributed by atoms with van der Waals surface area (Å²) in [6.45, 7) is 5.04. The van der Waals surface area contributed by atoms with Gasteiger partial charge in [0.1, 0.15) is 19.3 Å². The number of aliphatic hydroxyl groups excluding tert-OH is 1. The Kier molecular flexibility index (Phi) is 73.8. The highest BCUT2D eigenvalue weighted by molar-refractivity contribution is 7.47. The third-order valence-electron chi connectivity index (χ3n) is 19.1. The van der Waals surface area contributed by atoms with E-state index < -0.39 is 97.5 Å². The molecule has 0 aliphatic heterocycles. The van der Waals surface area contributed by atoms with Crippen molar-refractivity contribution in [3.63, 3.8) is 0 Å². The maximum absolute atomic E-state index is 13.1. The number of aliphatic hydroxyl groups is 1. The molecule has 0 amide bonds. The standard InChI is InChI=1S/C81H158O17P2/c1-5-9-13-17-21-25-29-33-36-37-40-43-46-50-54-58-62-66-79(84)92-71-76(97-80(85)67-63-59-55-51-47-41-32-28-24-20-16-12-8-4)73-95-99(87,88)93-69-75(82)70-94-100(89,90)96-74-77(98-81(86)68-64-60-56-52-48-44-39-35-31-27-23-19-15-11-7-3)72-91-78(83)65-61-57-53-49-45-42-38-34-30-26-22-18-14-10-6-2/h75-77,82H,5-74H2,1-4H3,(H,87,88)(H,89,90)/t75-,76+,77+/m0/s1. The molecule has 17 nitrogen and oxygen atoms in total. The van der Waals surface area contributed by atoms with Crippen LogP contribution >= 0.6 is 15.6 Å². The molecule has 0 saturated carbocycles. The van der Waals surface area contributed by atoms with Crippen molar-refractivity contribution in [3.05, 3.63) is 0 Å². The first kappa shape index (κ1) is 98.1. The Bertz CT molecular complexity index is 1890. The van der Waals surface area contributed by atoms with Crippen molar-refractivity contribution >= 4 is 39.5 Å². The van der Waals surface area contributed by atoms with Crippen LogP contribution in [0, 0.1) is 0 Å². The van der Waals surface area contributed by atoms with Gasteiger partial charge in [-0.1, -0.05) is 387 Å². The molecule has 594 valence electrons. The molecule has 100 heavy (non-hydrogen) atoms. The van der Waals surface area contributed by atoms with Gasteiger partial charge >= 0.3 is 39.5 Å². The van der Waals surface area contributed by atoms with Crippen molar-refractivity contribution in [2.24, 2.45) is 0 Å². The second-order valence-electron chi connectivity index (χ2n) is 29.2. The Balaban J connectivity index is 5.25. The quantitative estimate of drug-likeness (QED) is 0.0222. The third kappa shape index (κ3) is 74.3. The lowest BCUT2D eigenvalue weighted by Crippen LogP contribution is -2.30. The van der Waals surface area contributed by atoms with Crippen molar-refractivity contribution < 1.29 is 80.2 Å². The number of carbonyl (C=O) groups is 4. The largest absolute Gasteiger partial charge is 0.472 e. The number of hydrogen-bond acceptors (Lipinski definition) is 15. The van der Waals surface area contributed by atoms with Gasteiger partial charge in [0.25, 0.3) is 0 Å². The van der Waals surface area contributed by atoms with Crippen molar-refractivity contribution in [2.75, 3.05) is 39.6 Å². The SMILES string of the molecule is CCCCCCCCCCCCCCCCCCCC(=O)OC[C@H](COP(=O)(O)OC[C@H](O)COP(=O)(O)OC[C@@H](COC(=O)CCCCCCCCCCCCCCCCC)OC(=O)CCCCCCCCCCCCCCCCC)OC(=O)CCCCCCCCCCCCCCC. The first-order valence-corrected chi connectivity index (χ1v) is 45.3. The smallest absolute Gasteiger partial charge is 0.462 e. The number of hydrogen-bond donors (Lipinski definition) is 3. The van der Waals surface area contributed by atoms with Gasteiger partial charge in [-0.15, -0.1) is 0 Å². The van der Waals surface area contributed by atoms with Crippen LogP contribution in [-0.4, -0.2) is 96.7 Å². The van der Waals surface area contributed by atoms with E-state index in [1.165, 1.54) is 270 Å². The van der Waals surface area contributed by atoms with Crippen molar-refractivity contribution in [1.82, 2.24) is 0 Å².